The summed E-state index contributed by atoms with van der Waals surface area (Å²) in [6.07, 6.45) is 0.352. The molecule has 0 spiro atoms. The Morgan fingerprint density at radius 3 is 2.16 bits per heavy atom. The van der Waals surface area contributed by atoms with E-state index in [9.17, 15) is 18.0 Å². The van der Waals surface area contributed by atoms with Crippen molar-refractivity contribution in [2.24, 2.45) is 0 Å². The van der Waals surface area contributed by atoms with Gasteiger partial charge in [-0.05, 0) is 31.2 Å². The molecule has 138 valence electrons. The van der Waals surface area contributed by atoms with Crippen LogP contribution in [-0.4, -0.2) is 53.2 Å². The number of rotatable bonds is 8. The van der Waals surface area contributed by atoms with Gasteiger partial charge in [0.1, 0.15) is 5.60 Å². The molecule has 0 saturated carbocycles. The van der Waals surface area contributed by atoms with Gasteiger partial charge in [-0.1, -0.05) is 0 Å². The van der Waals surface area contributed by atoms with Crippen LogP contribution in [0.1, 0.15) is 19.8 Å². The van der Waals surface area contributed by atoms with Crippen molar-refractivity contribution < 1.29 is 27.5 Å². The summed E-state index contributed by atoms with van der Waals surface area (Å²) in [5.41, 5.74) is -0.427. The smallest absolute Gasteiger partial charge is 0.240 e. The van der Waals surface area contributed by atoms with E-state index < -0.39 is 15.6 Å². The van der Waals surface area contributed by atoms with E-state index in [1.165, 1.54) is 38.5 Å². The lowest BCUT2D eigenvalue weighted by molar-refractivity contribution is -0.121. The van der Waals surface area contributed by atoms with Gasteiger partial charge in [-0.2, -0.15) is 0 Å². The lowest BCUT2D eigenvalue weighted by Crippen LogP contribution is -2.45. The third-order valence-electron chi connectivity index (χ3n) is 4.04. The molecule has 1 aromatic carbocycles. The molecule has 25 heavy (non-hydrogen) atoms. The van der Waals surface area contributed by atoms with Crippen LogP contribution in [0, 0.1) is 0 Å². The molecule has 1 fully saturated rings. The second-order valence-corrected chi connectivity index (χ2v) is 7.80. The SMILES string of the molecule is COC[C@](C)(CNS(=O)(=O)c1ccc(N2C(=O)CCC2=O)cc1)OC. The zero-order chi connectivity index (χ0) is 18.7. The number of benzene rings is 1. The van der Waals surface area contributed by atoms with Gasteiger partial charge in [0.2, 0.25) is 21.8 Å². The maximum Gasteiger partial charge on any atom is 0.240 e. The second kappa shape index (κ2) is 7.61. The summed E-state index contributed by atoms with van der Waals surface area (Å²) in [5, 5.41) is 0. The van der Waals surface area contributed by atoms with Crippen molar-refractivity contribution in [3.8, 4) is 0 Å². The fourth-order valence-electron chi connectivity index (χ4n) is 2.46. The van der Waals surface area contributed by atoms with Gasteiger partial charge in [-0.25, -0.2) is 13.1 Å². The van der Waals surface area contributed by atoms with Crippen molar-refractivity contribution in [2.45, 2.75) is 30.3 Å². The first-order chi connectivity index (χ1) is 11.7. The minimum Gasteiger partial charge on any atom is -0.382 e. The van der Waals surface area contributed by atoms with Gasteiger partial charge >= 0.3 is 0 Å². The lowest BCUT2D eigenvalue weighted by Gasteiger charge is -2.27. The molecule has 9 heteroatoms. The van der Waals surface area contributed by atoms with Crippen molar-refractivity contribution in [3.63, 3.8) is 0 Å². The van der Waals surface area contributed by atoms with Crippen LogP contribution in [-0.2, 0) is 29.1 Å². The number of hydrogen-bond donors (Lipinski definition) is 1. The standard InChI is InChI=1S/C16H22N2O6S/c1-16(24-3,11-23-2)10-17-25(21,22)13-6-4-12(5-7-13)18-14(19)8-9-15(18)20/h4-7,17H,8-11H2,1-3H3/t16-/m0/s1. The van der Waals surface area contributed by atoms with E-state index in [2.05, 4.69) is 4.72 Å². The van der Waals surface area contributed by atoms with Crippen LogP contribution in [0.25, 0.3) is 0 Å². The number of imide groups is 1. The average Bonchev–Trinajstić information content (AvgIpc) is 2.92. The first-order valence-corrected chi connectivity index (χ1v) is 9.20. The number of hydrogen-bond acceptors (Lipinski definition) is 6. The predicted molar refractivity (Wildman–Crippen MR) is 90.6 cm³/mol. The highest BCUT2D eigenvalue weighted by molar-refractivity contribution is 7.89. The Kier molecular flexibility index (Phi) is 5.94. The van der Waals surface area contributed by atoms with Gasteiger partial charge in [0, 0.05) is 33.6 Å². The molecule has 1 aliphatic rings. The molecule has 1 atom stereocenters. The summed E-state index contributed by atoms with van der Waals surface area (Å²) in [7, 11) is -0.779. The third kappa shape index (κ3) is 4.43. The van der Waals surface area contributed by atoms with Crippen LogP contribution in [0.15, 0.2) is 29.2 Å². The fraction of sp³-hybridized carbons (Fsp3) is 0.500. The number of sulfonamides is 1. The van der Waals surface area contributed by atoms with E-state index in [4.69, 9.17) is 9.47 Å². The van der Waals surface area contributed by atoms with Crippen LogP contribution in [0.4, 0.5) is 5.69 Å². The maximum atomic E-state index is 12.4. The van der Waals surface area contributed by atoms with E-state index in [-0.39, 0.29) is 42.7 Å². The molecular weight excluding hydrogens is 348 g/mol. The van der Waals surface area contributed by atoms with Crippen molar-refractivity contribution in [1.29, 1.82) is 0 Å². The fourth-order valence-corrected chi connectivity index (χ4v) is 3.61. The number of carbonyl (C=O) groups excluding carboxylic acids is 2. The Hall–Kier alpha value is -1.81. The highest BCUT2D eigenvalue weighted by Crippen LogP contribution is 2.24. The van der Waals surface area contributed by atoms with Crippen LogP contribution < -0.4 is 9.62 Å². The number of methoxy groups -OCH3 is 2. The maximum absolute atomic E-state index is 12.4. The van der Waals surface area contributed by atoms with E-state index in [1.807, 2.05) is 0 Å². The number of anilines is 1. The average molecular weight is 370 g/mol. The number of carbonyl (C=O) groups is 2. The molecule has 0 bridgehead atoms. The Balaban J connectivity index is 2.12. The number of amides is 2. The third-order valence-corrected chi connectivity index (χ3v) is 5.45. The molecule has 8 nitrogen and oxygen atoms in total. The van der Waals surface area contributed by atoms with Crippen molar-refractivity contribution in [3.05, 3.63) is 24.3 Å². The van der Waals surface area contributed by atoms with Crippen molar-refractivity contribution in [1.82, 2.24) is 4.72 Å². The molecule has 0 aromatic heterocycles. The van der Waals surface area contributed by atoms with E-state index in [1.54, 1.807) is 6.92 Å². The topological polar surface area (TPSA) is 102 Å². The molecule has 0 radical (unpaired) electrons. The number of ether oxygens (including phenoxy) is 2. The molecule has 1 aliphatic heterocycles. The first-order valence-electron chi connectivity index (χ1n) is 7.72. The molecule has 0 unspecified atom stereocenters. The Bertz CT molecular complexity index is 730. The van der Waals surface area contributed by atoms with Gasteiger partial charge in [-0.3, -0.25) is 14.5 Å². The van der Waals surface area contributed by atoms with Gasteiger partial charge in [-0.15, -0.1) is 0 Å². The molecule has 1 saturated heterocycles. The summed E-state index contributed by atoms with van der Waals surface area (Å²) in [5.74, 6) is -0.566. The Labute approximate surface area is 147 Å². The first kappa shape index (κ1) is 19.5. The van der Waals surface area contributed by atoms with Gasteiger partial charge in [0.05, 0.1) is 17.2 Å². The summed E-state index contributed by atoms with van der Waals surface area (Å²) in [4.78, 5) is 24.6. The van der Waals surface area contributed by atoms with Crippen molar-refractivity contribution in [2.75, 3.05) is 32.3 Å². The lowest BCUT2D eigenvalue weighted by atomic mass is 10.1. The molecule has 1 heterocycles. The monoisotopic (exact) mass is 370 g/mol. The normalized spacial score (nSPS) is 17.8. The van der Waals surface area contributed by atoms with Crippen LogP contribution in [0.3, 0.4) is 0 Å². The molecule has 1 aromatic rings. The molecule has 1 N–H and O–H groups in total. The molecule has 0 aliphatic carbocycles. The second-order valence-electron chi connectivity index (χ2n) is 6.03. The minimum absolute atomic E-state index is 0.0323. The van der Waals surface area contributed by atoms with Crippen LogP contribution >= 0.6 is 0 Å². The quantitative estimate of drug-likeness (QED) is 0.675. The van der Waals surface area contributed by atoms with Gasteiger partial charge in [0.15, 0.2) is 0 Å². The van der Waals surface area contributed by atoms with Gasteiger partial charge in [0.25, 0.3) is 0 Å². The van der Waals surface area contributed by atoms with Crippen LogP contribution in [0.2, 0.25) is 0 Å². The van der Waals surface area contributed by atoms with E-state index in [0.29, 0.717) is 5.69 Å². The molecule has 2 rings (SSSR count). The summed E-state index contributed by atoms with van der Waals surface area (Å²) in [6, 6.07) is 5.61. The summed E-state index contributed by atoms with van der Waals surface area (Å²) in [6.45, 7) is 1.99. The highest BCUT2D eigenvalue weighted by atomic mass is 32.2. The predicted octanol–water partition coefficient (Wildman–Crippen LogP) is 0.670. The Morgan fingerprint density at radius 1 is 1.12 bits per heavy atom. The zero-order valence-electron chi connectivity index (χ0n) is 14.4. The molecule has 2 amide bonds. The summed E-state index contributed by atoms with van der Waals surface area (Å²) < 4.78 is 37.6. The van der Waals surface area contributed by atoms with Gasteiger partial charge < -0.3 is 9.47 Å². The highest BCUT2D eigenvalue weighted by Gasteiger charge is 2.31. The van der Waals surface area contributed by atoms with E-state index >= 15 is 0 Å². The van der Waals surface area contributed by atoms with Crippen LogP contribution in [0.5, 0.6) is 0 Å². The molecular formula is C16H22N2O6S. The Morgan fingerprint density at radius 2 is 1.68 bits per heavy atom. The minimum atomic E-state index is -3.76. The number of nitrogens with one attached hydrogen (secondary N) is 1. The zero-order valence-corrected chi connectivity index (χ0v) is 15.3. The largest absolute Gasteiger partial charge is 0.382 e. The summed E-state index contributed by atoms with van der Waals surface area (Å²) >= 11 is 0. The van der Waals surface area contributed by atoms with Crippen molar-refractivity contribution >= 4 is 27.5 Å². The van der Waals surface area contributed by atoms with E-state index in [0.717, 1.165) is 4.90 Å². The number of nitrogens with zero attached hydrogens (tertiary/aromatic N) is 1.